The van der Waals surface area contributed by atoms with Gasteiger partial charge in [-0.1, -0.05) is 136 Å². The first kappa shape index (κ1) is 25.5. The minimum atomic E-state index is -2.39. The van der Waals surface area contributed by atoms with E-state index in [1.165, 1.54) is 0 Å². The number of hydrogen-bond donors (Lipinski definition) is 0. The molecule has 0 aromatic heterocycles. The fourth-order valence-corrected chi connectivity index (χ4v) is 7.89. The van der Waals surface area contributed by atoms with Crippen LogP contribution in [0, 0.1) is 23.8 Å². The van der Waals surface area contributed by atoms with Crippen LogP contribution in [0.3, 0.4) is 0 Å². The highest BCUT2D eigenvalue weighted by Gasteiger charge is 2.41. The van der Waals surface area contributed by atoms with Crippen molar-refractivity contribution in [2.75, 3.05) is 13.2 Å². The highest BCUT2D eigenvalue weighted by atomic mass is 28.4. The fraction of sp³-hybridized carbons (Fsp3) is 0.290. The van der Waals surface area contributed by atoms with Gasteiger partial charge in [-0.15, -0.1) is 6.42 Å². The Balaban J connectivity index is 2.08. The highest BCUT2D eigenvalue weighted by molar-refractivity contribution is 6.84. The van der Waals surface area contributed by atoms with Crippen molar-refractivity contribution >= 4 is 8.32 Å². The number of terminal acetylenes is 1. The van der Waals surface area contributed by atoms with E-state index < -0.39 is 13.9 Å². The van der Waals surface area contributed by atoms with Gasteiger partial charge < -0.3 is 9.16 Å². The summed E-state index contributed by atoms with van der Waals surface area (Å²) in [5.41, 5.74) is 6.58. The molecule has 0 radical (unpaired) electrons. The summed E-state index contributed by atoms with van der Waals surface area (Å²) in [6, 6.07) is 31.1. The van der Waals surface area contributed by atoms with Crippen molar-refractivity contribution in [2.45, 2.75) is 44.4 Å². The zero-order valence-electron chi connectivity index (χ0n) is 20.6. The summed E-state index contributed by atoms with van der Waals surface area (Å²) in [7, 11) is -2.39. The van der Waals surface area contributed by atoms with Crippen molar-refractivity contribution in [3.05, 3.63) is 108 Å². The van der Waals surface area contributed by atoms with Crippen LogP contribution in [-0.4, -0.2) is 21.5 Å². The molecule has 0 bridgehead atoms. The summed E-state index contributed by atoms with van der Waals surface area (Å²) in [6.07, 6.45) is 5.52. The van der Waals surface area contributed by atoms with Crippen molar-refractivity contribution in [3.8, 4) is 23.8 Å². The van der Waals surface area contributed by atoms with Crippen molar-refractivity contribution in [3.63, 3.8) is 0 Å². The minimum Gasteiger partial charge on any atom is -0.394 e. The van der Waals surface area contributed by atoms with Crippen LogP contribution in [-0.2, 0) is 14.8 Å². The molecule has 0 saturated heterocycles. The molecule has 0 aliphatic heterocycles. The molecule has 0 spiro atoms. The van der Waals surface area contributed by atoms with Gasteiger partial charge in [0, 0.05) is 0 Å². The molecule has 3 aromatic carbocycles. The fourth-order valence-electron chi connectivity index (χ4n) is 4.57. The maximum atomic E-state index is 6.80. The molecule has 3 rings (SSSR count). The van der Waals surface area contributed by atoms with E-state index in [9.17, 15) is 0 Å². The van der Waals surface area contributed by atoms with Gasteiger partial charge in [-0.2, -0.15) is 0 Å². The third-order valence-corrected chi connectivity index (χ3v) is 10.9. The second kappa shape index (κ2) is 11.9. The quantitative estimate of drug-likeness (QED) is 0.193. The SMILES string of the molecule is C#CCO[Si](C#CCOC(c1ccccc1)(c1ccccc1)c1ccccc1)(C(C)C)C(C)C. The summed E-state index contributed by atoms with van der Waals surface area (Å²) < 4.78 is 13.1. The predicted molar refractivity (Wildman–Crippen MR) is 144 cm³/mol. The minimum absolute atomic E-state index is 0.270. The van der Waals surface area contributed by atoms with Gasteiger partial charge >= 0.3 is 0 Å². The molecule has 0 unspecified atom stereocenters. The van der Waals surface area contributed by atoms with E-state index in [0.29, 0.717) is 17.7 Å². The van der Waals surface area contributed by atoms with Crippen molar-refractivity contribution in [1.82, 2.24) is 0 Å². The third kappa shape index (κ3) is 5.35. The molecule has 0 saturated carbocycles. The van der Waals surface area contributed by atoms with Crippen LogP contribution in [0.5, 0.6) is 0 Å². The lowest BCUT2D eigenvalue weighted by Crippen LogP contribution is -2.44. The van der Waals surface area contributed by atoms with Crippen LogP contribution in [0.1, 0.15) is 44.4 Å². The van der Waals surface area contributed by atoms with Crippen LogP contribution >= 0.6 is 0 Å². The van der Waals surface area contributed by atoms with Crippen LogP contribution in [0.4, 0.5) is 0 Å². The topological polar surface area (TPSA) is 18.5 Å². The van der Waals surface area contributed by atoms with Crippen LogP contribution in [0.15, 0.2) is 91.0 Å². The normalized spacial score (nSPS) is 11.7. The molecule has 0 heterocycles. The predicted octanol–water partition coefficient (Wildman–Crippen LogP) is 6.95. The zero-order chi connectivity index (χ0) is 24.4. The van der Waals surface area contributed by atoms with Gasteiger partial charge in [0.05, 0.1) is 6.61 Å². The lowest BCUT2D eigenvalue weighted by atomic mass is 9.80. The number of ether oxygens (including phenoxy) is 1. The van der Waals surface area contributed by atoms with Crippen molar-refractivity contribution in [2.24, 2.45) is 0 Å². The first-order valence-corrected chi connectivity index (χ1v) is 13.9. The molecular weight excluding hydrogens is 432 g/mol. The molecule has 0 amide bonds. The maximum absolute atomic E-state index is 6.80. The Kier molecular flexibility index (Phi) is 8.91. The maximum Gasteiger partial charge on any atom is 0.278 e. The van der Waals surface area contributed by atoms with Crippen molar-refractivity contribution < 1.29 is 9.16 Å². The van der Waals surface area contributed by atoms with Gasteiger partial charge in [0.2, 0.25) is 0 Å². The molecule has 0 atom stereocenters. The Labute approximate surface area is 206 Å². The van der Waals surface area contributed by atoms with E-state index >= 15 is 0 Å². The second-order valence-corrected chi connectivity index (χ2v) is 13.4. The molecule has 3 heteroatoms. The van der Waals surface area contributed by atoms with Gasteiger partial charge in [0.15, 0.2) is 0 Å². The molecule has 0 fully saturated rings. The Morgan fingerprint density at radius 3 is 1.47 bits per heavy atom. The smallest absolute Gasteiger partial charge is 0.278 e. The van der Waals surface area contributed by atoms with E-state index in [1.807, 2.05) is 54.6 Å². The molecule has 34 heavy (non-hydrogen) atoms. The molecule has 0 aliphatic rings. The Morgan fingerprint density at radius 2 is 1.12 bits per heavy atom. The molecule has 0 N–H and O–H groups in total. The Bertz CT molecular complexity index is 1020. The van der Waals surface area contributed by atoms with E-state index in [-0.39, 0.29) is 6.61 Å². The van der Waals surface area contributed by atoms with Gasteiger partial charge in [0.25, 0.3) is 8.32 Å². The third-order valence-electron chi connectivity index (χ3n) is 6.30. The number of hydrogen-bond acceptors (Lipinski definition) is 2. The van der Waals surface area contributed by atoms with Gasteiger partial charge in [-0.05, 0) is 27.8 Å². The molecule has 2 nitrogen and oxygen atoms in total. The highest BCUT2D eigenvalue weighted by Crippen LogP contribution is 2.40. The summed E-state index contributed by atoms with van der Waals surface area (Å²) in [5.74, 6) is 5.98. The second-order valence-electron chi connectivity index (χ2n) is 8.97. The first-order chi connectivity index (χ1) is 16.5. The Morgan fingerprint density at radius 1 is 0.706 bits per heavy atom. The average Bonchev–Trinajstić information content (AvgIpc) is 2.87. The summed E-state index contributed by atoms with van der Waals surface area (Å²) in [5, 5.41) is 0. The lowest BCUT2D eigenvalue weighted by Gasteiger charge is -2.35. The van der Waals surface area contributed by atoms with Crippen LogP contribution in [0.25, 0.3) is 0 Å². The van der Waals surface area contributed by atoms with E-state index in [4.69, 9.17) is 15.6 Å². The number of benzene rings is 3. The Hall–Kier alpha value is -3.08. The standard InChI is InChI=1S/C31H34O2Si/c1-6-23-33-34(26(2)3,27(4)5)25-16-24-32-31(28-17-10-7-11-18-28,29-19-12-8-13-20-29)30-21-14-9-15-22-30/h1,7-15,17-22,26-27H,23-24H2,2-5H3. The molecule has 174 valence electrons. The van der Waals surface area contributed by atoms with Gasteiger partial charge in [0.1, 0.15) is 12.2 Å². The summed E-state index contributed by atoms with van der Waals surface area (Å²) in [4.78, 5) is 0. The van der Waals surface area contributed by atoms with E-state index in [2.05, 4.69) is 81.5 Å². The monoisotopic (exact) mass is 466 g/mol. The van der Waals surface area contributed by atoms with E-state index in [0.717, 1.165) is 16.7 Å². The molecular formula is C31H34O2Si. The van der Waals surface area contributed by atoms with Crippen LogP contribution in [0.2, 0.25) is 11.1 Å². The average molecular weight is 467 g/mol. The van der Waals surface area contributed by atoms with Gasteiger partial charge in [-0.25, -0.2) is 0 Å². The largest absolute Gasteiger partial charge is 0.394 e. The zero-order valence-corrected chi connectivity index (χ0v) is 21.6. The molecule has 0 aliphatic carbocycles. The van der Waals surface area contributed by atoms with Gasteiger partial charge in [-0.3, -0.25) is 0 Å². The summed E-state index contributed by atoms with van der Waals surface area (Å²) >= 11 is 0. The molecule has 3 aromatic rings. The lowest BCUT2D eigenvalue weighted by molar-refractivity contribution is 0.0353. The number of rotatable bonds is 9. The first-order valence-electron chi connectivity index (χ1n) is 11.9. The summed E-state index contributed by atoms with van der Waals surface area (Å²) in [6.45, 7) is 9.29. The van der Waals surface area contributed by atoms with E-state index in [1.54, 1.807) is 0 Å². The van der Waals surface area contributed by atoms with Crippen LogP contribution < -0.4 is 0 Å². The van der Waals surface area contributed by atoms with Crippen molar-refractivity contribution in [1.29, 1.82) is 0 Å².